The number of furan rings is 1. The van der Waals surface area contributed by atoms with Crippen molar-refractivity contribution in [2.24, 2.45) is 0 Å². The van der Waals surface area contributed by atoms with Crippen LogP contribution < -0.4 is 10.6 Å². The SMILES string of the molecule is N#Cc1cccc(Nc2cncc3cc(C=C4SC(=O)NC4=O)oc23)c1. The third kappa shape index (κ3) is 3.03. The molecule has 1 aliphatic heterocycles. The fourth-order valence-corrected chi connectivity index (χ4v) is 3.18. The Morgan fingerprint density at radius 1 is 1.27 bits per heavy atom. The van der Waals surface area contributed by atoms with Crippen molar-refractivity contribution in [1.82, 2.24) is 10.3 Å². The standard InChI is InChI=1S/C18H10N4O3S/c19-7-10-2-1-3-12(4-10)21-14-9-20-8-11-5-13(25-16(11)14)6-15-17(23)22-18(24)26-15/h1-6,8-9,21H,(H,22,23,24). The van der Waals surface area contributed by atoms with Crippen LogP contribution in [0.4, 0.5) is 16.2 Å². The third-order valence-electron chi connectivity index (χ3n) is 3.63. The number of anilines is 2. The van der Waals surface area contributed by atoms with Crippen LogP contribution in [0.3, 0.4) is 0 Å². The van der Waals surface area contributed by atoms with Crippen molar-refractivity contribution in [3.8, 4) is 6.07 Å². The first-order valence-corrected chi connectivity index (χ1v) is 8.33. The molecule has 0 bridgehead atoms. The van der Waals surface area contributed by atoms with E-state index >= 15 is 0 Å². The van der Waals surface area contributed by atoms with Gasteiger partial charge in [-0.1, -0.05) is 6.07 Å². The van der Waals surface area contributed by atoms with Crippen molar-refractivity contribution < 1.29 is 14.0 Å². The van der Waals surface area contributed by atoms with Crippen LogP contribution >= 0.6 is 11.8 Å². The van der Waals surface area contributed by atoms with Gasteiger partial charge in [-0.3, -0.25) is 19.9 Å². The lowest BCUT2D eigenvalue weighted by molar-refractivity contribution is -0.115. The van der Waals surface area contributed by atoms with Gasteiger partial charge in [0.05, 0.1) is 22.7 Å². The maximum absolute atomic E-state index is 11.7. The summed E-state index contributed by atoms with van der Waals surface area (Å²) in [6, 6.07) is 10.9. The van der Waals surface area contributed by atoms with E-state index in [1.54, 1.807) is 36.7 Å². The van der Waals surface area contributed by atoms with E-state index in [4.69, 9.17) is 9.68 Å². The van der Waals surface area contributed by atoms with Gasteiger partial charge in [0.15, 0.2) is 5.58 Å². The first-order valence-electron chi connectivity index (χ1n) is 7.52. The van der Waals surface area contributed by atoms with Crippen molar-refractivity contribution in [3.63, 3.8) is 0 Å². The Hall–Kier alpha value is -3.57. The van der Waals surface area contributed by atoms with Crippen LogP contribution in [0.2, 0.25) is 0 Å². The molecule has 3 heterocycles. The molecule has 2 N–H and O–H groups in total. The number of benzene rings is 1. The van der Waals surface area contributed by atoms with Crippen LogP contribution in [0.25, 0.3) is 17.0 Å². The fraction of sp³-hybridized carbons (Fsp3) is 0. The van der Waals surface area contributed by atoms with Gasteiger partial charge in [-0.05, 0) is 36.0 Å². The Bertz CT molecular complexity index is 1130. The molecule has 26 heavy (non-hydrogen) atoms. The number of hydrogen-bond donors (Lipinski definition) is 2. The smallest absolute Gasteiger partial charge is 0.290 e. The van der Waals surface area contributed by atoms with Crippen LogP contribution in [-0.4, -0.2) is 16.1 Å². The highest BCUT2D eigenvalue weighted by molar-refractivity contribution is 8.18. The minimum atomic E-state index is -0.440. The molecular weight excluding hydrogens is 352 g/mol. The van der Waals surface area contributed by atoms with Crippen LogP contribution in [0, 0.1) is 11.3 Å². The monoisotopic (exact) mass is 362 g/mol. The Morgan fingerprint density at radius 2 is 2.15 bits per heavy atom. The number of rotatable bonds is 3. The maximum atomic E-state index is 11.7. The number of carbonyl (C=O) groups is 2. The average molecular weight is 362 g/mol. The summed E-state index contributed by atoms with van der Waals surface area (Å²) in [5.74, 6) is -0.000534. The van der Waals surface area contributed by atoms with E-state index in [-0.39, 0.29) is 4.91 Å². The summed E-state index contributed by atoms with van der Waals surface area (Å²) in [5.41, 5.74) is 2.45. The molecule has 0 radical (unpaired) electrons. The largest absolute Gasteiger partial charge is 0.454 e. The summed E-state index contributed by atoms with van der Waals surface area (Å²) in [4.78, 5) is 27.4. The number of imide groups is 1. The number of nitriles is 1. The maximum Gasteiger partial charge on any atom is 0.290 e. The molecule has 1 saturated heterocycles. The van der Waals surface area contributed by atoms with Gasteiger partial charge in [0.25, 0.3) is 11.1 Å². The highest BCUT2D eigenvalue weighted by Gasteiger charge is 2.25. The minimum absolute atomic E-state index is 0.276. The first-order chi connectivity index (χ1) is 12.6. The van der Waals surface area contributed by atoms with E-state index in [0.717, 1.165) is 22.8 Å². The molecule has 1 fully saturated rings. The molecular formula is C18H10N4O3S. The molecule has 2 amide bonds. The van der Waals surface area contributed by atoms with Crippen LogP contribution in [0.1, 0.15) is 11.3 Å². The quantitative estimate of drug-likeness (QED) is 0.683. The molecule has 0 atom stereocenters. The number of fused-ring (bicyclic) bond motifs is 1. The topological polar surface area (TPSA) is 108 Å². The lowest BCUT2D eigenvalue weighted by atomic mass is 10.2. The molecule has 3 aromatic rings. The number of thioether (sulfide) groups is 1. The number of aromatic nitrogens is 1. The van der Waals surface area contributed by atoms with E-state index in [9.17, 15) is 9.59 Å². The summed E-state index contributed by atoms with van der Waals surface area (Å²) >= 11 is 0.829. The Balaban J connectivity index is 1.70. The second-order valence-electron chi connectivity index (χ2n) is 5.42. The number of nitrogens with zero attached hydrogens (tertiary/aromatic N) is 2. The lowest BCUT2D eigenvalue weighted by Gasteiger charge is -2.06. The van der Waals surface area contributed by atoms with E-state index < -0.39 is 11.1 Å². The molecule has 126 valence electrons. The predicted octanol–water partition coefficient (Wildman–Crippen LogP) is 3.77. The van der Waals surface area contributed by atoms with Gasteiger partial charge in [-0.15, -0.1) is 0 Å². The van der Waals surface area contributed by atoms with Crippen LogP contribution in [0.5, 0.6) is 0 Å². The first kappa shape index (κ1) is 15.9. The number of nitrogens with one attached hydrogen (secondary N) is 2. The molecule has 0 spiro atoms. The van der Waals surface area contributed by atoms with E-state index in [1.165, 1.54) is 6.08 Å². The normalized spacial score (nSPS) is 15.3. The molecule has 0 aliphatic carbocycles. The second-order valence-corrected chi connectivity index (χ2v) is 6.44. The Morgan fingerprint density at radius 3 is 2.92 bits per heavy atom. The average Bonchev–Trinajstić information content (AvgIpc) is 3.18. The van der Waals surface area contributed by atoms with Crippen molar-refractivity contribution in [2.75, 3.05) is 5.32 Å². The van der Waals surface area contributed by atoms with Crippen molar-refractivity contribution in [1.29, 1.82) is 5.26 Å². The number of pyridine rings is 1. The number of carbonyl (C=O) groups excluding carboxylic acids is 2. The van der Waals surface area contributed by atoms with Crippen LogP contribution in [-0.2, 0) is 4.79 Å². The third-order valence-corrected chi connectivity index (χ3v) is 4.44. The van der Waals surface area contributed by atoms with Gasteiger partial charge in [0.1, 0.15) is 11.4 Å². The summed E-state index contributed by atoms with van der Waals surface area (Å²) in [6.07, 6.45) is 4.78. The second kappa shape index (κ2) is 6.38. The molecule has 2 aromatic heterocycles. The number of amides is 2. The van der Waals surface area contributed by atoms with Crippen LogP contribution in [0.15, 0.2) is 52.0 Å². The molecule has 1 aliphatic rings. The summed E-state index contributed by atoms with van der Waals surface area (Å²) < 4.78 is 5.82. The molecule has 1 aromatic carbocycles. The summed E-state index contributed by atoms with van der Waals surface area (Å²) in [6.45, 7) is 0. The summed E-state index contributed by atoms with van der Waals surface area (Å²) in [5, 5.41) is 14.7. The lowest BCUT2D eigenvalue weighted by Crippen LogP contribution is -2.17. The Kier molecular flexibility index (Phi) is 3.91. The number of hydrogen-bond acceptors (Lipinski definition) is 7. The zero-order valence-corrected chi connectivity index (χ0v) is 14.0. The summed E-state index contributed by atoms with van der Waals surface area (Å²) in [7, 11) is 0. The zero-order chi connectivity index (χ0) is 18.1. The highest BCUT2D eigenvalue weighted by atomic mass is 32.2. The highest BCUT2D eigenvalue weighted by Crippen LogP contribution is 2.31. The van der Waals surface area contributed by atoms with Crippen molar-refractivity contribution >= 4 is 51.3 Å². The van der Waals surface area contributed by atoms with Gasteiger partial charge < -0.3 is 9.73 Å². The minimum Gasteiger partial charge on any atom is -0.454 e. The fourth-order valence-electron chi connectivity index (χ4n) is 2.51. The van der Waals surface area contributed by atoms with Crippen molar-refractivity contribution in [3.05, 3.63) is 59.0 Å². The predicted molar refractivity (Wildman–Crippen MR) is 97.6 cm³/mol. The molecule has 4 rings (SSSR count). The molecule has 0 saturated carbocycles. The van der Waals surface area contributed by atoms with Gasteiger partial charge in [0.2, 0.25) is 0 Å². The Labute approximate surface area is 151 Å². The van der Waals surface area contributed by atoms with Gasteiger partial charge >= 0.3 is 0 Å². The molecule has 8 heteroatoms. The van der Waals surface area contributed by atoms with E-state index in [1.807, 2.05) is 6.07 Å². The van der Waals surface area contributed by atoms with Gasteiger partial charge in [0, 0.05) is 23.3 Å². The van der Waals surface area contributed by atoms with E-state index in [2.05, 4.69) is 21.7 Å². The van der Waals surface area contributed by atoms with Crippen molar-refractivity contribution in [2.45, 2.75) is 0 Å². The zero-order valence-electron chi connectivity index (χ0n) is 13.1. The van der Waals surface area contributed by atoms with E-state index in [0.29, 0.717) is 22.6 Å². The molecule has 0 unspecified atom stereocenters. The van der Waals surface area contributed by atoms with Gasteiger partial charge in [-0.25, -0.2) is 0 Å². The van der Waals surface area contributed by atoms with Gasteiger partial charge in [-0.2, -0.15) is 5.26 Å². The molecule has 7 nitrogen and oxygen atoms in total.